The largest absolute Gasteiger partial charge is 0.507 e. The number of aromatic hydroxyl groups is 1. The van der Waals surface area contributed by atoms with Gasteiger partial charge in [-0.3, -0.25) is 9.59 Å². The van der Waals surface area contributed by atoms with Gasteiger partial charge in [0.1, 0.15) is 17.3 Å². The van der Waals surface area contributed by atoms with Gasteiger partial charge in [0, 0.05) is 11.8 Å². The van der Waals surface area contributed by atoms with E-state index in [1.807, 2.05) is 39.8 Å². The predicted octanol–water partition coefficient (Wildman–Crippen LogP) is 6.81. The maximum absolute atomic E-state index is 12.8. The fourth-order valence-electron chi connectivity index (χ4n) is 3.94. The van der Waals surface area contributed by atoms with Crippen LogP contribution >= 0.6 is 0 Å². The van der Waals surface area contributed by atoms with Crippen molar-refractivity contribution in [3.05, 3.63) is 28.8 Å². The first-order valence-electron chi connectivity index (χ1n) is 11.8. The molecule has 1 rings (SSSR count). The van der Waals surface area contributed by atoms with E-state index in [0.29, 0.717) is 12.2 Å². The van der Waals surface area contributed by atoms with Gasteiger partial charge in [-0.1, -0.05) is 93.2 Å². The summed E-state index contributed by atoms with van der Waals surface area (Å²) in [5.74, 6) is -0.547. The van der Waals surface area contributed by atoms with Crippen molar-refractivity contribution >= 4 is 11.6 Å². The Balaban J connectivity index is 3.26. The average Bonchev–Trinajstić information content (AvgIpc) is 2.65. The molecule has 0 atom stereocenters. The Labute approximate surface area is 184 Å². The summed E-state index contributed by atoms with van der Waals surface area (Å²) >= 11 is 0. The highest BCUT2D eigenvalue weighted by atomic mass is 16.3. The molecule has 1 N–H and O–H groups in total. The number of benzene rings is 1. The standard InChI is InChI=1S/C27H44O3/c1-9-10-11-12-13-14-21-15-20(17-23(26(21)30)27(6,7)8)16-22(24(28)18(2)3)25(29)19(4)5/h15,17-19,22,30H,9-14,16H2,1-8H3. The number of hydrogen-bond acceptors (Lipinski definition) is 3. The van der Waals surface area contributed by atoms with E-state index >= 15 is 0 Å². The molecule has 0 saturated heterocycles. The van der Waals surface area contributed by atoms with Crippen molar-refractivity contribution in [2.45, 2.75) is 106 Å². The maximum atomic E-state index is 12.8. The van der Waals surface area contributed by atoms with Crippen LogP contribution in [0.15, 0.2) is 12.1 Å². The van der Waals surface area contributed by atoms with Gasteiger partial charge in [-0.05, 0) is 41.4 Å². The molecule has 0 fully saturated rings. The number of ketones is 2. The van der Waals surface area contributed by atoms with Crippen molar-refractivity contribution in [3.63, 3.8) is 0 Å². The van der Waals surface area contributed by atoms with Crippen LogP contribution in [0.5, 0.6) is 5.75 Å². The Hall–Kier alpha value is -1.64. The second-order valence-corrected chi connectivity index (χ2v) is 10.4. The van der Waals surface area contributed by atoms with E-state index in [0.717, 1.165) is 36.0 Å². The van der Waals surface area contributed by atoms with Crippen LogP contribution in [-0.4, -0.2) is 16.7 Å². The number of aryl methyl sites for hydroxylation is 1. The molecule has 0 unspecified atom stereocenters. The summed E-state index contributed by atoms with van der Waals surface area (Å²) in [5.41, 5.74) is 2.61. The second-order valence-electron chi connectivity index (χ2n) is 10.4. The molecule has 0 bridgehead atoms. The molecular weight excluding hydrogens is 372 g/mol. The summed E-state index contributed by atoms with van der Waals surface area (Å²) in [6, 6.07) is 4.03. The first kappa shape index (κ1) is 26.4. The first-order chi connectivity index (χ1) is 13.9. The number of carbonyl (C=O) groups is 2. The lowest BCUT2D eigenvalue weighted by atomic mass is 9.79. The van der Waals surface area contributed by atoms with E-state index < -0.39 is 5.92 Å². The highest BCUT2D eigenvalue weighted by molar-refractivity contribution is 6.04. The van der Waals surface area contributed by atoms with Crippen molar-refractivity contribution in [3.8, 4) is 5.75 Å². The normalized spacial score (nSPS) is 12.2. The van der Waals surface area contributed by atoms with Crippen LogP contribution in [0, 0.1) is 17.8 Å². The minimum Gasteiger partial charge on any atom is -0.507 e. The van der Waals surface area contributed by atoms with Crippen LogP contribution in [0.2, 0.25) is 0 Å². The van der Waals surface area contributed by atoms with E-state index in [1.165, 1.54) is 19.3 Å². The maximum Gasteiger partial charge on any atom is 0.146 e. The molecule has 3 heteroatoms. The summed E-state index contributed by atoms with van der Waals surface area (Å²) < 4.78 is 0. The third kappa shape index (κ3) is 7.56. The second kappa shape index (κ2) is 11.7. The summed E-state index contributed by atoms with van der Waals surface area (Å²) in [6.45, 7) is 15.9. The fourth-order valence-corrected chi connectivity index (χ4v) is 3.94. The van der Waals surface area contributed by atoms with E-state index in [1.54, 1.807) is 0 Å². The molecule has 3 nitrogen and oxygen atoms in total. The fraction of sp³-hybridized carbons (Fsp3) is 0.704. The van der Waals surface area contributed by atoms with Crippen molar-refractivity contribution in [2.24, 2.45) is 17.8 Å². The van der Waals surface area contributed by atoms with Crippen molar-refractivity contribution in [2.75, 3.05) is 0 Å². The summed E-state index contributed by atoms with van der Waals surface area (Å²) in [6.07, 6.45) is 7.12. The molecule has 30 heavy (non-hydrogen) atoms. The lowest BCUT2D eigenvalue weighted by Crippen LogP contribution is -2.32. The monoisotopic (exact) mass is 416 g/mol. The third-order valence-corrected chi connectivity index (χ3v) is 5.87. The molecule has 0 aliphatic rings. The number of unbranched alkanes of at least 4 members (excludes halogenated alkanes) is 4. The van der Waals surface area contributed by atoms with E-state index in [-0.39, 0.29) is 28.8 Å². The molecule has 1 aromatic rings. The predicted molar refractivity (Wildman–Crippen MR) is 126 cm³/mol. The lowest BCUT2D eigenvalue weighted by molar-refractivity contribution is -0.136. The molecule has 0 heterocycles. The molecular formula is C27H44O3. The van der Waals surface area contributed by atoms with Crippen molar-refractivity contribution < 1.29 is 14.7 Å². The zero-order valence-corrected chi connectivity index (χ0v) is 20.6. The van der Waals surface area contributed by atoms with Crippen molar-refractivity contribution in [1.82, 2.24) is 0 Å². The highest BCUT2D eigenvalue weighted by Crippen LogP contribution is 2.36. The Morgan fingerprint density at radius 3 is 1.90 bits per heavy atom. The van der Waals surface area contributed by atoms with Crippen molar-refractivity contribution in [1.29, 1.82) is 0 Å². The van der Waals surface area contributed by atoms with Crippen LogP contribution in [0.3, 0.4) is 0 Å². The molecule has 0 aliphatic carbocycles. The van der Waals surface area contributed by atoms with Crippen LogP contribution in [0.25, 0.3) is 0 Å². The number of phenolic OH excluding ortho intramolecular Hbond substituents is 1. The molecule has 1 aromatic carbocycles. The van der Waals surface area contributed by atoms with Gasteiger partial charge in [0.05, 0.1) is 5.92 Å². The Kier molecular flexibility index (Phi) is 10.3. The van der Waals surface area contributed by atoms with Gasteiger partial charge in [0.15, 0.2) is 0 Å². The topological polar surface area (TPSA) is 54.4 Å². The van der Waals surface area contributed by atoms with Crippen LogP contribution < -0.4 is 0 Å². The van der Waals surface area contributed by atoms with Gasteiger partial charge in [0.2, 0.25) is 0 Å². The molecule has 0 spiro atoms. The summed E-state index contributed by atoms with van der Waals surface area (Å²) in [5, 5.41) is 10.9. The molecule has 0 saturated carbocycles. The Morgan fingerprint density at radius 2 is 1.43 bits per heavy atom. The van der Waals surface area contributed by atoms with Gasteiger partial charge in [-0.15, -0.1) is 0 Å². The zero-order valence-electron chi connectivity index (χ0n) is 20.6. The van der Waals surface area contributed by atoms with Crippen LogP contribution in [0.1, 0.15) is 104 Å². The average molecular weight is 417 g/mol. The summed E-state index contributed by atoms with van der Waals surface area (Å²) in [4.78, 5) is 25.7. The third-order valence-electron chi connectivity index (χ3n) is 5.87. The van der Waals surface area contributed by atoms with Gasteiger partial charge in [0.25, 0.3) is 0 Å². The molecule has 0 aliphatic heterocycles. The van der Waals surface area contributed by atoms with Crippen LogP contribution in [0.4, 0.5) is 0 Å². The zero-order chi connectivity index (χ0) is 23.1. The van der Waals surface area contributed by atoms with E-state index in [4.69, 9.17) is 0 Å². The lowest BCUT2D eigenvalue weighted by Gasteiger charge is -2.25. The molecule has 0 radical (unpaired) electrons. The Morgan fingerprint density at radius 1 is 0.900 bits per heavy atom. The molecule has 0 amide bonds. The smallest absolute Gasteiger partial charge is 0.146 e. The quantitative estimate of drug-likeness (QED) is 0.301. The van der Waals surface area contributed by atoms with Gasteiger partial charge < -0.3 is 5.11 Å². The van der Waals surface area contributed by atoms with Gasteiger partial charge in [-0.25, -0.2) is 0 Å². The van der Waals surface area contributed by atoms with Crippen LogP contribution in [-0.2, 0) is 27.8 Å². The Bertz CT molecular complexity index is 688. The number of carbonyl (C=O) groups excluding carboxylic acids is 2. The SMILES string of the molecule is CCCCCCCc1cc(CC(C(=O)C(C)C)C(=O)C(C)C)cc(C(C)(C)C)c1O. The number of hydrogen-bond donors (Lipinski definition) is 1. The van der Waals surface area contributed by atoms with E-state index in [2.05, 4.69) is 27.7 Å². The van der Waals surface area contributed by atoms with E-state index in [9.17, 15) is 14.7 Å². The minimum atomic E-state index is -0.611. The summed E-state index contributed by atoms with van der Waals surface area (Å²) in [7, 11) is 0. The molecule has 170 valence electrons. The first-order valence-corrected chi connectivity index (χ1v) is 11.8. The number of phenols is 1. The minimum absolute atomic E-state index is 0.0141. The van der Waals surface area contributed by atoms with Gasteiger partial charge >= 0.3 is 0 Å². The van der Waals surface area contributed by atoms with Gasteiger partial charge in [-0.2, -0.15) is 0 Å². The molecule has 0 aromatic heterocycles. The number of rotatable bonds is 12. The highest BCUT2D eigenvalue weighted by Gasteiger charge is 2.31. The number of Topliss-reactive ketones (excluding diaryl/α,β-unsaturated/α-hetero) is 2.